The Kier molecular flexibility index (Phi) is 5.73. The highest BCUT2D eigenvalue weighted by atomic mass is 32.2. The zero-order valence-corrected chi connectivity index (χ0v) is 15.8. The van der Waals surface area contributed by atoms with Gasteiger partial charge in [0.05, 0.1) is 5.75 Å². The van der Waals surface area contributed by atoms with E-state index in [1.165, 1.54) is 22.9 Å². The van der Waals surface area contributed by atoms with Crippen molar-refractivity contribution in [3.63, 3.8) is 0 Å². The van der Waals surface area contributed by atoms with Gasteiger partial charge < -0.3 is 9.73 Å². The minimum Gasteiger partial charge on any atom is -0.411 e. The first kappa shape index (κ1) is 18.2. The third-order valence-corrected chi connectivity index (χ3v) is 4.69. The van der Waals surface area contributed by atoms with Crippen molar-refractivity contribution in [2.45, 2.75) is 31.9 Å². The maximum absolute atomic E-state index is 12.2. The summed E-state index contributed by atoms with van der Waals surface area (Å²) in [4.78, 5) is 12.2. The van der Waals surface area contributed by atoms with Gasteiger partial charge in [0.15, 0.2) is 0 Å². The molecule has 1 aromatic heterocycles. The largest absolute Gasteiger partial charge is 0.411 e. The highest BCUT2D eigenvalue weighted by molar-refractivity contribution is 7.99. The maximum Gasteiger partial charge on any atom is 0.277 e. The number of aryl methyl sites for hydroxylation is 1. The minimum absolute atomic E-state index is 0.106. The van der Waals surface area contributed by atoms with E-state index in [-0.39, 0.29) is 11.7 Å². The van der Waals surface area contributed by atoms with E-state index in [0.717, 1.165) is 11.3 Å². The predicted octanol–water partition coefficient (Wildman–Crippen LogP) is 4.90. The molecule has 0 unspecified atom stereocenters. The van der Waals surface area contributed by atoms with Crippen molar-refractivity contribution < 1.29 is 9.21 Å². The van der Waals surface area contributed by atoms with Crippen molar-refractivity contribution in [3.05, 3.63) is 59.7 Å². The van der Waals surface area contributed by atoms with Crippen LogP contribution >= 0.6 is 11.8 Å². The molecule has 0 fully saturated rings. The summed E-state index contributed by atoms with van der Waals surface area (Å²) in [6.07, 6.45) is 0. The highest BCUT2D eigenvalue weighted by Crippen LogP contribution is 2.24. The van der Waals surface area contributed by atoms with Gasteiger partial charge in [0.2, 0.25) is 11.8 Å². The number of amides is 1. The number of hydrogen-bond donors (Lipinski definition) is 1. The van der Waals surface area contributed by atoms with E-state index in [1.807, 2.05) is 49.4 Å². The zero-order chi connectivity index (χ0) is 18.5. The fraction of sp³-hybridized carbons (Fsp3) is 0.250. The van der Waals surface area contributed by atoms with Gasteiger partial charge in [-0.3, -0.25) is 4.79 Å². The van der Waals surface area contributed by atoms with E-state index in [4.69, 9.17) is 4.42 Å². The zero-order valence-electron chi connectivity index (χ0n) is 15.0. The number of carbonyl (C=O) groups is 1. The molecule has 0 spiro atoms. The van der Waals surface area contributed by atoms with Gasteiger partial charge in [0.1, 0.15) is 0 Å². The number of hydrogen-bond acceptors (Lipinski definition) is 5. The highest BCUT2D eigenvalue weighted by Gasteiger charge is 2.11. The van der Waals surface area contributed by atoms with Crippen LogP contribution in [0.15, 0.2) is 58.2 Å². The molecule has 1 N–H and O–H groups in total. The topological polar surface area (TPSA) is 68.0 Å². The Hall–Kier alpha value is -2.60. The SMILES string of the molecule is Cc1ccc(-c2nnc(SCC(=O)Nc3cccc(C(C)C)c3)o2)cc1. The van der Waals surface area contributed by atoms with Gasteiger partial charge in [-0.1, -0.05) is 55.4 Å². The Bertz CT molecular complexity index is 888. The molecule has 0 aliphatic heterocycles. The normalized spacial score (nSPS) is 10.9. The van der Waals surface area contributed by atoms with Gasteiger partial charge in [-0.15, -0.1) is 10.2 Å². The predicted molar refractivity (Wildman–Crippen MR) is 104 cm³/mol. The van der Waals surface area contributed by atoms with Crippen molar-refractivity contribution in [3.8, 4) is 11.5 Å². The summed E-state index contributed by atoms with van der Waals surface area (Å²) in [5.74, 6) is 0.977. The van der Waals surface area contributed by atoms with Crippen LogP contribution in [0.25, 0.3) is 11.5 Å². The van der Waals surface area contributed by atoms with Crippen molar-refractivity contribution in [2.75, 3.05) is 11.1 Å². The van der Waals surface area contributed by atoms with E-state index in [1.54, 1.807) is 0 Å². The summed E-state index contributed by atoms with van der Waals surface area (Å²) in [5.41, 5.74) is 4.02. The summed E-state index contributed by atoms with van der Waals surface area (Å²) in [6, 6.07) is 15.7. The molecule has 3 rings (SSSR count). The van der Waals surface area contributed by atoms with E-state index >= 15 is 0 Å². The Balaban J connectivity index is 1.56. The Morgan fingerprint density at radius 2 is 1.92 bits per heavy atom. The van der Waals surface area contributed by atoms with E-state index in [2.05, 4.69) is 35.4 Å². The Labute approximate surface area is 157 Å². The van der Waals surface area contributed by atoms with Crippen LogP contribution < -0.4 is 5.32 Å². The van der Waals surface area contributed by atoms with Gasteiger partial charge >= 0.3 is 0 Å². The second-order valence-electron chi connectivity index (χ2n) is 6.36. The number of anilines is 1. The van der Waals surface area contributed by atoms with Crippen LogP contribution in [-0.2, 0) is 4.79 Å². The standard InChI is InChI=1S/C20H21N3O2S/c1-13(2)16-5-4-6-17(11-16)21-18(24)12-26-20-23-22-19(25-20)15-9-7-14(3)8-10-15/h4-11,13H,12H2,1-3H3,(H,21,24). The van der Waals surface area contributed by atoms with Gasteiger partial charge in [0.25, 0.3) is 5.22 Å². The smallest absolute Gasteiger partial charge is 0.277 e. The van der Waals surface area contributed by atoms with Crippen LogP contribution in [0.1, 0.15) is 30.9 Å². The Morgan fingerprint density at radius 3 is 2.65 bits per heavy atom. The molecule has 5 nitrogen and oxygen atoms in total. The molecule has 26 heavy (non-hydrogen) atoms. The molecule has 1 amide bonds. The fourth-order valence-electron chi connectivity index (χ4n) is 2.38. The van der Waals surface area contributed by atoms with Crippen LogP contribution in [0.5, 0.6) is 0 Å². The second kappa shape index (κ2) is 8.19. The summed E-state index contributed by atoms with van der Waals surface area (Å²) in [6.45, 7) is 6.27. The number of rotatable bonds is 6. The summed E-state index contributed by atoms with van der Waals surface area (Å²) in [5, 5.41) is 11.3. The van der Waals surface area contributed by atoms with Gasteiger partial charge in [-0.25, -0.2) is 0 Å². The van der Waals surface area contributed by atoms with Crippen LogP contribution in [-0.4, -0.2) is 21.9 Å². The molecular formula is C20H21N3O2S. The third kappa shape index (κ3) is 4.73. The lowest BCUT2D eigenvalue weighted by Crippen LogP contribution is -2.14. The van der Waals surface area contributed by atoms with Gasteiger partial charge in [0, 0.05) is 11.3 Å². The van der Waals surface area contributed by atoms with Crippen molar-refractivity contribution in [1.82, 2.24) is 10.2 Å². The van der Waals surface area contributed by atoms with Crippen LogP contribution in [0, 0.1) is 6.92 Å². The lowest BCUT2D eigenvalue weighted by Gasteiger charge is -2.09. The summed E-state index contributed by atoms with van der Waals surface area (Å²) >= 11 is 1.22. The minimum atomic E-state index is -0.106. The third-order valence-electron chi connectivity index (χ3n) is 3.87. The number of nitrogens with zero attached hydrogens (tertiary/aromatic N) is 2. The molecule has 3 aromatic rings. The first-order valence-corrected chi connectivity index (χ1v) is 9.43. The van der Waals surface area contributed by atoms with E-state index in [9.17, 15) is 4.79 Å². The molecule has 1 heterocycles. The number of thioether (sulfide) groups is 1. The number of benzene rings is 2. The average Bonchev–Trinajstić information content (AvgIpc) is 3.10. The molecular weight excluding hydrogens is 346 g/mol. The number of carbonyl (C=O) groups excluding carboxylic acids is 1. The van der Waals surface area contributed by atoms with Gasteiger partial charge in [-0.05, 0) is 42.7 Å². The molecule has 134 valence electrons. The van der Waals surface area contributed by atoms with E-state index in [0.29, 0.717) is 17.0 Å². The molecule has 0 atom stereocenters. The van der Waals surface area contributed by atoms with Crippen LogP contribution in [0.2, 0.25) is 0 Å². The van der Waals surface area contributed by atoms with Crippen molar-refractivity contribution >= 4 is 23.4 Å². The molecule has 0 radical (unpaired) electrons. The first-order valence-electron chi connectivity index (χ1n) is 8.44. The molecule has 0 saturated heterocycles. The quantitative estimate of drug-likeness (QED) is 0.628. The molecule has 0 saturated carbocycles. The number of nitrogens with one attached hydrogen (secondary N) is 1. The average molecular weight is 367 g/mol. The van der Waals surface area contributed by atoms with Crippen LogP contribution in [0.4, 0.5) is 5.69 Å². The number of aromatic nitrogens is 2. The monoisotopic (exact) mass is 367 g/mol. The molecule has 0 aliphatic rings. The van der Waals surface area contributed by atoms with Gasteiger partial charge in [-0.2, -0.15) is 0 Å². The van der Waals surface area contributed by atoms with Crippen molar-refractivity contribution in [1.29, 1.82) is 0 Å². The van der Waals surface area contributed by atoms with Crippen LogP contribution in [0.3, 0.4) is 0 Å². The Morgan fingerprint density at radius 1 is 1.15 bits per heavy atom. The lowest BCUT2D eigenvalue weighted by atomic mass is 10.0. The first-order chi connectivity index (χ1) is 12.5. The summed E-state index contributed by atoms with van der Waals surface area (Å²) < 4.78 is 5.62. The molecule has 2 aromatic carbocycles. The molecule has 0 bridgehead atoms. The van der Waals surface area contributed by atoms with Crippen molar-refractivity contribution in [2.24, 2.45) is 0 Å². The molecule has 0 aliphatic carbocycles. The maximum atomic E-state index is 12.2. The fourth-order valence-corrected chi connectivity index (χ4v) is 2.94. The lowest BCUT2D eigenvalue weighted by molar-refractivity contribution is -0.113. The second-order valence-corrected chi connectivity index (χ2v) is 7.28. The summed E-state index contributed by atoms with van der Waals surface area (Å²) in [7, 11) is 0. The molecule has 6 heteroatoms. The van der Waals surface area contributed by atoms with E-state index < -0.39 is 0 Å².